The van der Waals surface area contributed by atoms with Crippen LogP contribution in [-0.4, -0.2) is 25.9 Å². The molecule has 0 radical (unpaired) electrons. The zero-order valence-electron chi connectivity index (χ0n) is 9.98. The minimum atomic E-state index is -4.28. The van der Waals surface area contributed by atoms with Crippen LogP contribution in [0.3, 0.4) is 0 Å². The standard InChI is InChI=1S/C12H15F4NO/c1-9-3-4-10(7-11(9)13)17-5-2-6-18-8-12(14,15)16/h3-4,7,17H,2,5-6,8H2,1H3. The maximum absolute atomic E-state index is 13.2. The van der Waals surface area contributed by atoms with E-state index in [0.29, 0.717) is 24.2 Å². The summed E-state index contributed by atoms with van der Waals surface area (Å²) in [6.45, 7) is 0.872. The molecule has 0 saturated carbocycles. The van der Waals surface area contributed by atoms with Crippen molar-refractivity contribution in [2.24, 2.45) is 0 Å². The summed E-state index contributed by atoms with van der Waals surface area (Å²) in [6.07, 6.45) is -3.86. The van der Waals surface area contributed by atoms with Gasteiger partial charge in [-0.1, -0.05) is 6.07 Å². The molecule has 1 N–H and O–H groups in total. The van der Waals surface area contributed by atoms with E-state index in [-0.39, 0.29) is 12.4 Å². The van der Waals surface area contributed by atoms with E-state index in [1.54, 1.807) is 19.1 Å². The molecule has 0 spiro atoms. The van der Waals surface area contributed by atoms with Crippen molar-refractivity contribution in [3.8, 4) is 0 Å². The van der Waals surface area contributed by atoms with Crippen molar-refractivity contribution in [2.45, 2.75) is 19.5 Å². The van der Waals surface area contributed by atoms with Crippen LogP contribution in [0.1, 0.15) is 12.0 Å². The molecule has 1 rings (SSSR count). The van der Waals surface area contributed by atoms with Crippen LogP contribution in [-0.2, 0) is 4.74 Å². The first kappa shape index (κ1) is 14.8. The predicted molar refractivity (Wildman–Crippen MR) is 61.1 cm³/mol. The van der Waals surface area contributed by atoms with Crippen molar-refractivity contribution in [2.75, 3.05) is 25.1 Å². The van der Waals surface area contributed by atoms with Crippen LogP contribution in [0.4, 0.5) is 23.2 Å². The molecule has 0 aliphatic heterocycles. The normalized spacial score (nSPS) is 11.6. The number of hydrogen-bond acceptors (Lipinski definition) is 2. The minimum Gasteiger partial charge on any atom is -0.385 e. The van der Waals surface area contributed by atoms with E-state index in [9.17, 15) is 17.6 Å². The topological polar surface area (TPSA) is 21.3 Å². The second-order valence-corrected chi connectivity index (χ2v) is 3.91. The first-order chi connectivity index (χ1) is 8.38. The molecule has 0 heterocycles. The van der Waals surface area contributed by atoms with E-state index < -0.39 is 12.8 Å². The van der Waals surface area contributed by atoms with Gasteiger partial charge in [0.15, 0.2) is 0 Å². The van der Waals surface area contributed by atoms with Gasteiger partial charge in [-0.2, -0.15) is 13.2 Å². The van der Waals surface area contributed by atoms with Crippen LogP contribution in [0.15, 0.2) is 18.2 Å². The third-order valence-corrected chi connectivity index (χ3v) is 2.23. The van der Waals surface area contributed by atoms with Crippen molar-refractivity contribution >= 4 is 5.69 Å². The number of benzene rings is 1. The van der Waals surface area contributed by atoms with Crippen LogP contribution in [0.25, 0.3) is 0 Å². The summed E-state index contributed by atoms with van der Waals surface area (Å²) in [4.78, 5) is 0. The lowest BCUT2D eigenvalue weighted by Gasteiger charge is -2.09. The lowest BCUT2D eigenvalue weighted by atomic mass is 10.2. The van der Waals surface area contributed by atoms with Gasteiger partial charge in [-0.3, -0.25) is 0 Å². The van der Waals surface area contributed by atoms with Crippen LogP contribution in [0.2, 0.25) is 0 Å². The van der Waals surface area contributed by atoms with Gasteiger partial charge in [-0.15, -0.1) is 0 Å². The zero-order chi connectivity index (χ0) is 13.6. The Morgan fingerprint density at radius 1 is 1.28 bits per heavy atom. The van der Waals surface area contributed by atoms with E-state index in [4.69, 9.17) is 0 Å². The number of ether oxygens (including phenoxy) is 1. The molecule has 0 bridgehead atoms. The fourth-order valence-corrected chi connectivity index (χ4v) is 1.30. The van der Waals surface area contributed by atoms with Gasteiger partial charge in [0.2, 0.25) is 0 Å². The number of halogens is 4. The quantitative estimate of drug-likeness (QED) is 0.627. The summed E-state index contributed by atoms with van der Waals surface area (Å²) in [7, 11) is 0. The Balaban J connectivity index is 2.16. The predicted octanol–water partition coefficient (Wildman–Crippen LogP) is 3.52. The van der Waals surface area contributed by atoms with Gasteiger partial charge >= 0.3 is 6.18 Å². The fraction of sp³-hybridized carbons (Fsp3) is 0.500. The molecule has 0 aromatic heterocycles. The van der Waals surface area contributed by atoms with E-state index >= 15 is 0 Å². The number of nitrogens with one attached hydrogen (secondary N) is 1. The average molecular weight is 265 g/mol. The molecule has 0 fully saturated rings. The SMILES string of the molecule is Cc1ccc(NCCCOCC(F)(F)F)cc1F. The summed E-state index contributed by atoms with van der Waals surface area (Å²) in [5, 5.41) is 2.91. The monoisotopic (exact) mass is 265 g/mol. The van der Waals surface area contributed by atoms with Crippen molar-refractivity contribution in [3.63, 3.8) is 0 Å². The maximum atomic E-state index is 13.2. The molecule has 6 heteroatoms. The van der Waals surface area contributed by atoms with Crippen molar-refractivity contribution < 1.29 is 22.3 Å². The highest BCUT2D eigenvalue weighted by Gasteiger charge is 2.27. The molecule has 0 unspecified atom stereocenters. The summed E-state index contributed by atoms with van der Waals surface area (Å²) in [5.41, 5.74) is 1.16. The van der Waals surface area contributed by atoms with Gasteiger partial charge in [0.05, 0.1) is 0 Å². The molecule has 1 aromatic carbocycles. The highest BCUT2D eigenvalue weighted by Crippen LogP contribution is 2.15. The lowest BCUT2D eigenvalue weighted by molar-refractivity contribution is -0.173. The first-order valence-electron chi connectivity index (χ1n) is 5.53. The Hall–Kier alpha value is -1.30. The van der Waals surface area contributed by atoms with Crippen molar-refractivity contribution in [1.29, 1.82) is 0 Å². The van der Waals surface area contributed by atoms with E-state index in [2.05, 4.69) is 10.1 Å². The third kappa shape index (κ3) is 5.86. The van der Waals surface area contributed by atoms with Crippen molar-refractivity contribution in [1.82, 2.24) is 0 Å². The van der Waals surface area contributed by atoms with Gasteiger partial charge in [-0.25, -0.2) is 4.39 Å². The average Bonchev–Trinajstić information content (AvgIpc) is 2.26. The molecule has 18 heavy (non-hydrogen) atoms. The van der Waals surface area contributed by atoms with Crippen molar-refractivity contribution in [3.05, 3.63) is 29.6 Å². The Morgan fingerprint density at radius 3 is 2.61 bits per heavy atom. The van der Waals surface area contributed by atoms with E-state index in [0.717, 1.165) is 0 Å². The summed E-state index contributed by atoms with van der Waals surface area (Å²) < 4.78 is 52.8. The van der Waals surface area contributed by atoms with Gasteiger partial charge in [0.25, 0.3) is 0 Å². The lowest BCUT2D eigenvalue weighted by Crippen LogP contribution is -2.18. The molecule has 0 saturated heterocycles. The molecule has 0 aliphatic carbocycles. The summed E-state index contributed by atoms with van der Waals surface area (Å²) in [6, 6.07) is 4.71. The van der Waals surface area contributed by atoms with E-state index in [1.807, 2.05) is 0 Å². The van der Waals surface area contributed by atoms with Gasteiger partial charge in [0.1, 0.15) is 12.4 Å². The van der Waals surface area contributed by atoms with Crippen LogP contribution in [0, 0.1) is 12.7 Å². The molecule has 0 aliphatic rings. The fourth-order valence-electron chi connectivity index (χ4n) is 1.30. The molecule has 102 valence electrons. The number of aryl methyl sites for hydroxylation is 1. The number of rotatable bonds is 6. The number of hydrogen-bond donors (Lipinski definition) is 1. The second kappa shape index (κ2) is 6.58. The van der Waals surface area contributed by atoms with Crippen LogP contribution in [0.5, 0.6) is 0 Å². The number of alkyl halides is 3. The smallest absolute Gasteiger partial charge is 0.385 e. The molecular weight excluding hydrogens is 250 g/mol. The Kier molecular flexibility index (Phi) is 5.40. The van der Waals surface area contributed by atoms with Gasteiger partial charge < -0.3 is 10.1 Å². The third-order valence-electron chi connectivity index (χ3n) is 2.23. The largest absolute Gasteiger partial charge is 0.411 e. The molecule has 0 atom stereocenters. The summed E-state index contributed by atoms with van der Waals surface area (Å²) >= 11 is 0. The van der Waals surface area contributed by atoms with Gasteiger partial charge in [-0.05, 0) is 31.0 Å². The van der Waals surface area contributed by atoms with Crippen LogP contribution >= 0.6 is 0 Å². The minimum absolute atomic E-state index is 0.0147. The Labute approximate surface area is 103 Å². The highest BCUT2D eigenvalue weighted by molar-refractivity contribution is 5.44. The molecule has 0 amide bonds. The van der Waals surface area contributed by atoms with E-state index in [1.165, 1.54) is 6.07 Å². The maximum Gasteiger partial charge on any atom is 0.411 e. The zero-order valence-corrected chi connectivity index (χ0v) is 9.98. The molecular formula is C12H15F4NO. The van der Waals surface area contributed by atoms with Crippen LogP contribution < -0.4 is 5.32 Å². The Morgan fingerprint density at radius 2 is 2.00 bits per heavy atom. The number of anilines is 1. The molecule has 2 nitrogen and oxygen atoms in total. The van der Waals surface area contributed by atoms with Gasteiger partial charge in [0, 0.05) is 18.8 Å². The highest BCUT2D eigenvalue weighted by atomic mass is 19.4. The Bertz CT molecular complexity index is 379. The summed E-state index contributed by atoms with van der Waals surface area (Å²) in [5.74, 6) is -0.312. The molecule has 1 aromatic rings. The first-order valence-corrected chi connectivity index (χ1v) is 5.53. The second-order valence-electron chi connectivity index (χ2n) is 3.91.